The summed E-state index contributed by atoms with van der Waals surface area (Å²) in [6, 6.07) is 18.7. The predicted molar refractivity (Wildman–Crippen MR) is 155 cm³/mol. The molecule has 2 aromatic carbocycles. The lowest BCUT2D eigenvalue weighted by molar-refractivity contribution is -0.399. The molecule has 6 aliphatic rings. The fourth-order valence-corrected chi connectivity index (χ4v) is 8.82. The highest BCUT2D eigenvalue weighted by atomic mass is 32.1. The molecule has 1 unspecified atom stereocenters. The maximum atomic E-state index is 14.9. The second kappa shape index (κ2) is 10.2. The van der Waals surface area contributed by atoms with Gasteiger partial charge in [-0.3, -0.25) is 4.79 Å². The van der Waals surface area contributed by atoms with Crippen LogP contribution in [0.25, 0.3) is 0 Å². The van der Waals surface area contributed by atoms with Crippen molar-refractivity contribution >= 4 is 23.2 Å². The zero-order valence-corrected chi connectivity index (χ0v) is 26.0. The topological polar surface area (TPSA) is 109 Å². The Hall–Kier alpha value is -2.52. The molecule has 6 bridgehead atoms. The van der Waals surface area contributed by atoms with Crippen molar-refractivity contribution in [3.63, 3.8) is 0 Å². The minimum atomic E-state index is -1.87. The Morgan fingerprint density at radius 2 is 1.57 bits per heavy atom. The summed E-state index contributed by atoms with van der Waals surface area (Å²) in [5.41, 5.74) is -3.49. The summed E-state index contributed by atoms with van der Waals surface area (Å²) >= 11 is 5.68. The number of ketones is 1. The number of carbonyl (C=O) groups is 1. The zero-order valence-electron chi connectivity index (χ0n) is 25.2. The third kappa shape index (κ3) is 3.71. The van der Waals surface area contributed by atoms with Crippen molar-refractivity contribution in [1.82, 2.24) is 0 Å². The van der Waals surface area contributed by atoms with Crippen molar-refractivity contribution in [1.29, 1.82) is 0 Å². The number of hydrogen-bond donors (Lipinski definition) is 0. The van der Waals surface area contributed by atoms with Crippen LogP contribution in [0.1, 0.15) is 32.8 Å². The van der Waals surface area contributed by atoms with E-state index < -0.39 is 52.1 Å². The van der Waals surface area contributed by atoms with E-state index >= 15 is 0 Å². The first kappa shape index (κ1) is 30.2. The average Bonchev–Trinajstić information content (AvgIpc) is 3.47. The Labute approximate surface area is 260 Å². The SMILES string of the molecule is COCO[C@@H]1C(=O)[C@]23OC(C)(C)O[C@]24[C@H]1C1(OCc2ccccc2)C[C@@]3(C)[C@H](OCOC)[C@@]4(OC(=S)Oc2ccccc2)O1. The van der Waals surface area contributed by atoms with E-state index in [0.717, 1.165) is 5.56 Å². The Kier molecular flexibility index (Phi) is 7.02. The summed E-state index contributed by atoms with van der Waals surface area (Å²) in [6.07, 6.45) is -1.85. The smallest absolute Gasteiger partial charge is 0.360 e. The predicted octanol–water partition coefficient (Wildman–Crippen LogP) is 3.87. The average molecular weight is 629 g/mol. The van der Waals surface area contributed by atoms with Crippen LogP contribution < -0.4 is 4.74 Å². The van der Waals surface area contributed by atoms with Crippen molar-refractivity contribution < 1.29 is 52.2 Å². The van der Waals surface area contributed by atoms with E-state index in [9.17, 15) is 4.79 Å². The van der Waals surface area contributed by atoms with Gasteiger partial charge in [0.1, 0.15) is 31.5 Å². The molecule has 236 valence electrons. The number of hydrogen-bond acceptors (Lipinski definition) is 12. The van der Waals surface area contributed by atoms with Gasteiger partial charge >= 0.3 is 5.24 Å². The Bertz CT molecular complexity index is 1440. The number of benzene rings is 2. The normalized spacial score (nSPS) is 40.4. The quantitative estimate of drug-likeness (QED) is 0.266. The van der Waals surface area contributed by atoms with Gasteiger partial charge in [0.25, 0.3) is 5.79 Å². The molecule has 0 radical (unpaired) electrons. The molecule has 8 rings (SSSR count). The van der Waals surface area contributed by atoms with Crippen LogP contribution in [0.2, 0.25) is 0 Å². The van der Waals surface area contributed by atoms with E-state index in [1.807, 2.05) is 55.5 Å². The Morgan fingerprint density at radius 1 is 0.909 bits per heavy atom. The van der Waals surface area contributed by atoms with Crippen LogP contribution >= 0.6 is 12.2 Å². The van der Waals surface area contributed by atoms with Crippen LogP contribution in [-0.4, -0.2) is 79.6 Å². The van der Waals surface area contributed by atoms with Gasteiger partial charge in [-0.05, 0) is 31.5 Å². The highest BCUT2D eigenvalue weighted by Crippen LogP contribution is 2.85. The fourth-order valence-electron chi connectivity index (χ4n) is 8.60. The van der Waals surface area contributed by atoms with E-state index in [0.29, 0.717) is 5.75 Å². The zero-order chi connectivity index (χ0) is 31.0. The van der Waals surface area contributed by atoms with Gasteiger partial charge in [-0.15, -0.1) is 0 Å². The number of para-hydroxylation sites is 1. The van der Waals surface area contributed by atoms with Gasteiger partial charge < -0.3 is 47.4 Å². The number of ether oxygens (including phenoxy) is 10. The fraction of sp³-hybridized carbons (Fsp3) is 0.562. The van der Waals surface area contributed by atoms with Crippen LogP contribution in [0.3, 0.4) is 0 Å². The molecule has 3 saturated carbocycles. The van der Waals surface area contributed by atoms with Crippen molar-refractivity contribution in [3.8, 4) is 5.75 Å². The van der Waals surface area contributed by atoms with E-state index in [4.69, 9.17) is 59.6 Å². The molecule has 2 aromatic rings. The van der Waals surface area contributed by atoms with Crippen LogP contribution in [0.4, 0.5) is 0 Å². The first-order chi connectivity index (χ1) is 21.0. The van der Waals surface area contributed by atoms with Gasteiger partial charge in [-0.25, -0.2) is 0 Å². The van der Waals surface area contributed by atoms with Gasteiger partial charge in [0.15, 0.2) is 28.6 Å². The van der Waals surface area contributed by atoms with Crippen molar-refractivity contribution in [3.05, 3.63) is 66.2 Å². The lowest BCUT2D eigenvalue weighted by Gasteiger charge is -2.52. The van der Waals surface area contributed by atoms with Gasteiger partial charge in [0.2, 0.25) is 0 Å². The number of methoxy groups -OCH3 is 2. The first-order valence-electron chi connectivity index (χ1n) is 14.5. The second-order valence-electron chi connectivity index (χ2n) is 12.5. The number of rotatable bonds is 11. The Morgan fingerprint density at radius 3 is 2.25 bits per heavy atom. The molecular formula is C32H36O11S. The molecule has 3 heterocycles. The largest absolute Gasteiger partial charge is 0.418 e. The van der Waals surface area contributed by atoms with Crippen LogP contribution in [0, 0.1) is 11.3 Å². The van der Waals surface area contributed by atoms with Crippen molar-refractivity contribution in [2.24, 2.45) is 11.3 Å². The van der Waals surface area contributed by atoms with E-state index in [1.54, 1.807) is 26.0 Å². The van der Waals surface area contributed by atoms with Crippen LogP contribution in [0.15, 0.2) is 60.7 Å². The van der Waals surface area contributed by atoms with Gasteiger partial charge in [0.05, 0.1) is 12.5 Å². The lowest BCUT2D eigenvalue weighted by atomic mass is 9.61. The summed E-state index contributed by atoms with van der Waals surface area (Å²) in [5, 5.41) is -0.253. The molecule has 6 fully saturated rings. The van der Waals surface area contributed by atoms with Gasteiger partial charge in [0, 0.05) is 38.3 Å². The Balaban J connectivity index is 1.41. The lowest BCUT2D eigenvalue weighted by Crippen LogP contribution is -2.66. The summed E-state index contributed by atoms with van der Waals surface area (Å²) in [6.45, 7) is 5.32. The first-order valence-corrected chi connectivity index (χ1v) is 15.0. The maximum Gasteiger partial charge on any atom is 0.360 e. The molecule has 8 atom stereocenters. The highest BCUT2D eigenvalue weighted by Gasteiger charge is 3.06. The summed E-state index contributed by atoms with van der Waals surface area (Å²) < 4.78 is 63.2. The maximum absolute atomic E-state index is 14.9. The van der Waals surface area contributed by atoms with E-state index in [2.05, 4.69) is 0 Å². The third-order valence-corrected chi connectivity index (χ3v) is 9.72. The minimum absolute atomic E-state index is 0.128. The molecule has 0 amide bonds. The van der Waals surface area contributed by atoms with Crippen molar-refractivity contribution in [2.45, 2.75) is 74.6 Å². The number of carbonyl (C=O) groups excluding carboxylic acids is 1. The molecule has 3 aliphatic heterocycles. The standard InChI is InChI=1S/C32H36O11S/c1-27(2)41-30-23-22(36-18-34-4)24(33)31(30,42-27)28(3)17-29(23,38-16-20-12-8-6-9-13-20)43-32(30,25(28)37-19-35-5)40-26(44)39-21-14-10-7-11-15-21/h6-15,22-23,25H,16-19H2,1-5H3/t22-,23+,25-,28-,29?,30+,31+,32+/m0/s1. The third-order valence-electron chi connectivity index (χ3n) is 9.56. The summed E-state index contributed by atoms with van der Waals surface area (Å²) in [7, 11) is 3.00. The molecule has 44 heavy (non-hydrogen) atoms. The monoisotopic (exact) mass is 628 g/mol. The number of Topliss-reactive ketones (excluding diaryl/α,β-unsaturated/α-hetero) is 1. The number of thiocarbonyl (C=S) groups is 1. The van der Waals surface area contributed by atoms with Crippen LogP contribution in [-0.2, 0) is 54.0 Å². The van der Waals surface area contributed by atoms with Gasteiger partial charge in [-0.2, -0.15) is 0 Å². The molecule has 3 aliphatic carbocycles. The molecule has 0 N–H and O–H groups in total. The second-order valence-corrected chi connectivity index (χ2v) is 12.9. The van der Waals surface area contributed by atoms with Crippen molar-refractivity contribution in [2.75, 3.05) is 27.8 Å². The summed E-state index contributed by atoms with van der Waals surface area (Å²) in [4.78, 5) is 14.9. The molecule has 0 aromatic heterocycles. The minimum Gasteiger partial charge on any atom is -0.418 e. The molecule has 3 saturated heterocycles. The highest BCUT2D eigenvalue weighted by molar-refractivity contribution is 7.79. The van der Waals surface area contributed by atoms with E-state index in [1.165, 1.54) is 14.2 Å². The van der Waals surface area contributed by atoms with E-state index in [-0.39, 0.29) is 37.6 Å². The van der Waals surface area contributed by atoms with Crippen LogP contribution in [0.5, 0.6) is 5.75 Å². The molecule has 11 nitrogen and oxygen atoms in total. The molecule has 1 spiro atoms. The molecule has 12 heteroatoms. The summed E-state index contributed by atoms with van der Waals surface area (Å²) in [5.74, 6) is -5.29. The molecular weight excluding hydrogens is 592 g/mol. The van der Waals surface area contributed by atoms with Gasteiger partial charge in [-0.1, -0.05) is 55.5 Å².